The van der Waals surface area contributed by atoms with Gasteiger partial charge in [-0.1, -0.05) is 12.5 Å². The van der Waals surface area contributed by atoms with Crippen molar-refractivity contribution in [2.75, 3.05) is 0 Å². The molecule has 9 heteroatoms. The Morgan fingerprint density at radius 1 is 1.11 bits per heavy atom. The van der Waals surface area contributed by atoms with Gasteiger partial charge < -0.3 is 9.15 Å². The molecule has 2 aromatic heterocycles. The van der Waals surface area contributed by atoms with Crippen molar-refractivity contribution in [3.8, 4) is 17.2 Å². The van der Waals surface area contributed by atoms with E-state index in [9.17, 15) is 18.0 Å². The zero-order valence-corrected chi connectivity index (χ0v) is 18.9. The van der Waals surface area contributed by atoms with Crippen molar-refractivity contribution in [3.05, 3.63) is 71.1 Å². The van der Waals surface area contributed by atoms with E-state index >= 15 is 0 Å². The summed E-state index contributed by atoms with van der Waals surface area (Å²) in [5, 5.41) is 6.99. The molecule has 2 aliphatic carbocycles. The molecule has 0 N–H and O–H groups in total. The van der Waals surface area contributed by atoms with Crippen LogP contribution in [0.4, 0.5) is 13.2 Å². The van der Waals surface area contributed by atoms with Crippen LogP contribution in [0.2, 0.25) is 0 Å². The third-order valence-corrected chi connectivity index (χ3v) is 6.65. The Labute approximate surface area is 200 Å². The number of hydrogen-bond acceptors (Lipinski definition) is 6. The highest BCUT2D eigenvalue weighted by molar-refractivity contribution is 6.10. The number of Topliss-reactive ketones (excluding diaryl/α,β-unsaturated/α-hetero) is 1. The van der Waals surface area contributed by atoms with E-state index in [0.29, 0.717) is 46.9 Å². The zero-order chi connectivity index (χ0) is 24.4. The van der Waals surface area contributed by atoms with Crippen molar-refractivity contribution in [1.29, 1.82) is 0 Å². The summed E-state index contributed by atoms with van der Waals surface area (Å²) in [5.41, 5.74) is 2.10. The molecule has 5 rings (SSSR count). The lowest BCUT2D eigenvalue weighted by atomic mass is 9.81. The molecule has 6 nitrogen and oxygen atoms in total. The molecular formula is C26H24F3N3O3. The molecule has 0 radical (unpaired) electrons. The van der Waals surface area contributed by atoms with Crippen molar-refractivity contribution in [2.45, 2.75) is 57.5 Å². The summed E-state index contributed by atoms with van der Waals surface area (Å²) < 4.78 is 50.0. The molecule has 1 saturated carbocycles. The van der Waals surface area contributed by atoms with E-state index in [1.807, 2.05) is 6.08 Å². The number of fused-ring (bicyclic) bond motifs is 1. The number of hydrogen-bond donors (Lipinski definition) is 0. The second-order valence-electron chi connectivity index (χ2n) is 8.92. The number of aromatic nitrogens is 3. The highest BCUT2D eigenvalue weighted by atomic mass is 19.3. The Morgan fingerprint density at radius 2 is 1.91 bits per heavy atom. The number of carbonyl (C=O) groups is 1. The van der Waals surface area contributed by atoms with E-state index in [1.165, 1.54) is 18.3 Å². The predicted octanol–water partition coefficient (Wildman–Crippen LogP) is 6.29. The van der Waals surface area contributed by atoms with Crippen molar-refractivity contribution >= 4 is 5.78 Å². The van der Waals surface area contributed by atoms with Crippen LogP contribution in [-0.2, 0) is 6.42 Å². The summed E-state index contributed by atoms with van der Waals surface area (Å²) >= 11 is 0. The predicted molar refractivity (Wildman–Crippen MR) is 121 cm³/mol. The molecule has 1 aromatic carbocycles. The number of ketones is 1. The average Bonchev–Trinajstić information content (AvgIpc) is 3.37. The Morgan fingerprint density at radius 3 is 2.69 bits per heavy atom. The molecule has 2 unspecified atom stereocenters. The van der Waals surface area contributed by atoms with Gasteiger partial charge in [0.25, 0.3) is 5.89 Å². The second kappa shape index (κ2) is 10.0. The fourth-order valence-electron chi connectivity index (χ4n) is 4.80. The van der Waals surface area contributed by atoms with Crippen molar-refractivity contribution < 1.29 is 27.1 Å². The maximum absolute atomic E-state index is 13.2. The standard InChI is InChI=1S/C26H24F3N3O3/c27-18-8-10-19(11-9-18)34-22-4-2-1-3-15(22)5-6-16-7-12-21-20(23(16)33)13-17(14-30-21)25-31-32-26(35-25)24(28)29/h7-11,13-15,22,24H,1-6,12H2. The van der Waals surface area contributed by atoms with Crippen LogP contribution in [-0.4, -0.2) is 27.1 Å². The number of ether oxygens (including phenoxy) is 1. The van der Waals surface area contributed by atoms with Crippen LogP contribution in [0.15, 0.2) is 52.6 Å². The molecule has 2 atom stereocenters. The number of halogens is 3. The third-order valence-electron chi connectivity index (χ3n) is 6.65. The van der Waals surface area contributed by atoms with Crippen LogP contribution in [0.25, 0.3) is 11.5 Å². The molecule has 0 saturated heterocycles. The lowest BCUT2D eigenvalue weighted by Crippen LogP contribution is -2.30. The van der Waals surface area contributed by atoms with Crippen LogP contribution in [0.3, 0.4) is 0 Å². The van der Waals surface area contributed by atoms with Crippen LogP contribution in [0.1, 0.15) is 66.9 Å². The number of carbonyl (C=O) groups excluding carboxylic acids is 1. The molecule has 0 bridgehead atoms. The van der Waals surface area contributed by atoms with Crippen molar-refractivity contribution in [3.63, 3.8) is 0 Å². The molecule has 35 heavy (non-hydrogen) atoms. The number of alkyl halides is 2. The van der Waals surface area contributed by atoms with Crippen LogP contribution in [0, 0.1) is 11.7 Å². The maximum atomic E-state index is 13.2. The van der Waals surface area contributed by atoms with E-state index in [4.69, 9.17) is 9.15 Å². The van der Waals surface area contributed by atoms with Gasteiger partial charge in [-0.05, 0) is 73.9 Å². The lowest BCUT2D eigenvalue weighted by molar-refractivity contribution is 0.0862. The fourth-order valence-corrected chi connectivity index (χ4v) is 4.80. The van der Waals surface area contributed by atoms with Gasteiger partial charge in [-0.25, -0.2) is 4.39 Å². The lowest BCUT2D eigenvalue weighted by Gasteiger charge is -2.32. The minimum atomic E-state index is -2.87. The van der Waals surface area contributed by atoms with Crippen LogP contribution >= 0.6 is 0 Å². The minimum Gasteiger partial charge on any atom is -0.490 e. The molecule has 0 aliphatic heterocycles. The first-order chi connectivity index (χ1) is 17.0. The zero-order valence-electron chi connectivity index (χ0n) is 18.9. The summed E-state index contributed by atoms with van der Waals surface area (Å²) in [7, 11) is 0. The fraction of sp³-hybridized carbons (Fsp3) is 0.385. The Hall–Kier alpha value is -3.49. The van der Waals surface area contributed by atoms with Gasteiger partial charge in [0.15, 0.2) is 5.78 Å². The summed E-state index contributed by atoms with van der Waals surface area (Å²) in [4.78, 5) is 17.6. The second-order valence-corrected chi connectivity index (χ2v) is 8.92. The molecule has 182 valence electrons. The third kappa shape index (κ3) is 5.13. The largest absolute Gasteiger partial charge is 0.490 e. The first kappa shape index (κ1) is 23.3. The topological polar surface area (TPSA) is 78.1 Å². The van der Waals surface area contributed by atoms with Gasteiger partial charge in [-0.3, -0.25) is 9.78 Å². The minimum absolute atomic E-state index is 0.0237. The van der Waals surface area contributed by atoms with E-state index in [2.05, 4.69) is 15.2 Å². The number of benzene rings is 1. The van der Waals surface area contributed by atoms with Gasteiger partial charge >= 0.3 is 6.43 Å². The smallest absolute Gasteiger partial charge is 0.314 e. The van der Waals surface area contributed by atoms with E-state index in [-0.39, 0.29) is 23.6 Å². The molecule has 0 amide bonds. The highest BCUT2D eigenvalue weighted by Gasteiger charge is 2.29. The Kier molecular flexibility index (Phi) is 6.66. The molecule has 2 heterocycles. The molecule has 3 aromatic rings. The van der Waals surface area contributed by atoms with E-state index < -0.39 is 12.3 Å². The number of nitrogens with zero attached hydrogens (tertiary/aromatic N) is 3. The molecular weight excluding hydrogens is 459 g/mol. The normalized spacial score (nSPS) is 20.0. The van der Waals surface area contributed by atoms with Crippen LogP contribution in [0.5, 0.6) is 5.75 Å². The quantitative estimate of drug-likeness (QED) is 0.393. The van der Waals surface area contributed by atoms with Gasteiger partial charge in [0.05, 0.1) is 11.3 Å². The highest BCUT2D eigenvalue weighted by Crippen LogP contribution is 2.34. The van der Waals surface area contributed by atoms with E-state index in [0.717, 1.165) is 32.1 Å². The van der Waals surface area contributed by atoms with E-state index in [1.54, 1.807) is 18.2 Å². The molecule has 0 spiro atoms. The maximum Gasteiger partial charge on any atom is 0.314 e. The summed E-state index contributed by atoms with van der Waals surface area (Å²) in [5.74, 6) is -0.343. The monoisotopic (exact) mass is 483 g/mol. The first-order valence-corrected chi connectivity index (χ1v) is 11.7. The van der Waals surface area contributed by atoms with Crippen molar-refractivity contribution in [1.82, 2.24) is 15.2 Å². The average molecular weight is 483 g/mol. The van der Waals surface area contributed by atoms with Gasteiger partial charge in [-0.2, -0.15) is 8.78 Å². The first-order valence-electron chi connectivity index (χ1n) is 11.7. The summed E-state index contributed by atoms with van der Waals surface area (Å²) in [6.07, 6.45) is 6.57. The molecule has 2 aliphatic rings. The SMILES string of the molecule is O=C1C(CCC2CCCCC2Oc2ccc(F)cc2)=CCc2ncc(-c3nnc(C(F)F)o3)cc21. The van der Waals surface area contributed by atoms with Crippen molar-refractivity contribution in [2.24, 2.45) is 5.92 Å². The van der Waals surface area contributed by atoms with Gasteiger partial charge in [-0.15, -0.1) is 10.2 Å². The number of rotatable bonds is 7. The van der Waals surface area contributed by atoms with Gasteiger partial charge in [0.1, 0.15) is 17.7 Å². The van der Waals surface area contributed by atoms with Gasteiger partial charge in [0.2, 0.25) is 5.89 Å². The van der Waals surface area contributed by atoms with Crippen LogP contribution < -0.4 is 4.74 Å². The molecule has 1 fully saturated rings. The number of allylic oxidation sites excluding steroid dienone is 2. The summed E-state index contributed by atoms with van der Waals surface area (Å²) in [6, 6.07) is 7.65. The van der Waals surface area contributed by atoms with Gasteiger partial charge in [0, 0.05) is 18.2 Å². The Balaban J connectivity index is 1.26. The Bertz CT molecular complexity index is 1240. The summed E-state index contributed by atoms with van der Waals surface area (Å²) in [6.45, 7) is 0. The number of pyridine rings is 1.